The van der Waals surface area contributed by atoms with Crippen molar-refractivity contribution in [1.29, 1.82) is 0 Å². The standard InChI is InChI=1S/C12H13N3O/c1-15-7-10(6-14-15)9-4-8-2-3-11(16)12(8)13-5-9/h4-7,11,16H,2-3H2,1H3. The lowest BCUT2D eigenvalue weighted by Gasteiger charge is -2.03. The van der Waals surface area contributed by atoms with E-state index in [1.54, 1.807) is 4.68 Å². The zero-order valence-corrected chi connectivity index (χ0v) is 9.09. The second-order valence-electron chi connectivity index (χ2n) is 4.23. The van der Waals surface area contributed by atoms with Crippen molar-refractivity contribution >= 4 is 0 Å². The van der Waals surface area contributed by atoms with Gasteiger partial charge < -0.3 is 5.11 Å². The SMILES string of the molecule is Cn1cc(-c2cnc3c(c2)CCC3O)cn1. The van der Waals surface area contributed by atoms with Crippen molar-refractivity contribution in [2.24, 2.45) is 7.05 Å². The minimum absolute atomic E-state index is 0.377. The molecule has 0 saturated heterocycles. The van der Waals surface area contributed by atoms with Gasteiger partial charge in [-0.1, -0.05) is 0 Å². The van der Waals surface area contributed by atoms with E-state index in [1.165, 1.54) is 0 Å². The molecule has 4 heteroatoms. The zero-order chi connectivity index (χ0) is 11.1. The van der Waals surface area contributed by atoms with Crippen LogP contribution in [0.2, 0.25) is 0 Å². The molecule has 1 aliphatic carbocycles. The topological polar surface area (TPSA) is 50.9 Å². The van der Waals surface area contributed by atoms with E-state index in [2.05, 4.69) is 16.1 Å². The number of fused-ring (bicyclic) bond motifs is 1. The Morgan fingerprint density at radius 2 is 2.25 bits per heavy atom. The molecule has 0 spiro atoms. The molecule has 0 radical (unpaired) electrons. The molecule has 82 valence electrons. The molecule has 1 aliphatic rings. The maximum Gasteiger partial charge on any atom is 0.0965 e. The number of aliphatic hydroxyl groups excluding tert-OH is 1. The van der Waals surface area contributed by atoms with Crippen LogP contribution in [0, 0.1) is 0 Å². The molecule has 4 nitrogen and oxygen atoms in total. The summed E-state index contributed by atoms with van der Waals surface area (Å²) >= 11 is 0. The lowest BCUT2D eigenvalue weighted by molar-refractivity contribution is 0.176. The zero-order valence-electron chi connectivity index (χ0n) is 9.09. The number of nitrogens with zero attached hydrogens (tertiary/aromatic N) is 3. The van der Waals surface area contributed by atoms with Crippen molar-refractivity contribution in [3.05, 3.63) is 35.9 Å². The Balaban J connectivity index is 2.05. The van der Waals surface area contributed by atoms with Crippen molar-refractivity contribution in [2.45, 2.75) is 18.9 Å². The van der Waals surface area contributed by atoms with Crippen LogP contribution in [0.1, 0.15) is 23.8 Å². The highest BCUT2D eigenvalue weighted by Crippen LogP contribution is 2.31. The van der Waals surface area contributed by atoms with E-state index in [0.29, 0.717) is 0 Å². The third kappa shape index (κ3) is 1.42. The number of pyridine rings is 1. The summed E-state index contributed by atoms with van der Waals surface area (Å²) in [6, 6.07) is 2.11. The summed E-state index contributed by atoms with van der Waals surface area (Å²) < 4.78 is 1.78. The normalized spacial score (nSPS) is 18.8. The van der Waals surface area contributed by atoms with Gasteiger partial charge in [0.15, 0.2) is 0 Å². The monoisotopic (exact) mass is 215 g/mol. The molecule has 0 saturated carbocycles. The van der Waals surface area contributed by atoms with Crippen molar-refractivity contribution in [3.8, 4) is 11.1 Å². The minimum atomic E-state index is -0.377. The van der Waals surface area contributed by atoms with Gasteiger partial charge in [-0.05, 0) is 24.5 Å². The van der Waals surface area contributed by atoms with Crippen LogP contribution in [-0.4, -0.2) is 19.9 Å². The lowest BCUT2D eigenvalue weighted by Crippen LogP contribution is -1.94. The maximum absolute atomic E-state index is 9.67. The molecule has 3 rings (SSSR count). The van der Waals surface area contributed by atoms with Crippen LogP contribution < -0.4 is 0 Å². The molecular weight excluding hydrogens is 202 g/mol. The Kier molecular flexibility index (Phi) is 2.04. The molecule has 0 aliphatic heterocycles. The second-order valence-corrected chi connectivity index (χ2v) is 4.23. The maximum atomic E-state index is 9.67. The fraction of sp³-hybridized carbons (Fsp3) is 0.333. The third-order valence-corrected chi connectivity index (χ3v) is 3.04. The van der Waals surface area contributed by atoms with E-state index < -0.39 is 0 Å². The van der Waals surface area contributed by atoms with Crippen LogP contribution in [0.15, 0.2) is 24.7 Å². The van der Waals surface area contributed by atoms with E-state index >= 15 is 0 Å². The first kappa shape index (κ1) is 9.54. The number of hydrogen-bond acceptors (Lipinski definition) is 3. The van der Waals surface area contributed by atoms with E-state index in [0.717, 1.165) is 35.2 Å². The van der Waals surface area contributed by atoms with Crippen molar-refractivity contribution in [3.63, 3.8) is 0 Å². The predicted octanol–water partition coefficient (Wildman–Crippen LogP) is 1.46. The van der Waals surface area contributed by atoms with Gasteiger partial charge in [0.05, 0.1) is 18.0 Å². The van der Waals surface area contributed by atoms with E-state index in [4.69, 9.17) is 0 Å². The van der Waals surface area contributed by atoms with Crippen LogP contribution in [0.3, 0.4) is 0 Å². The van der Waals surface area contributed by atoms with E-state index in [1.807, 2.05) is 25.6 Å². The summed E-state index contributed by atoms with van der Waals surface area (Å²) in [6.07, 6.45) is 6.93. The highest BCUT2D eigenvalue weighted by Gasteiger charge is 2.22. The van der Waals surface area contributed by atoms with E-state index in [-0.39, 0.29) is 6.10 Å². The highest BCUT2D eigenvalue weighted by molar-refractivity contribution is 5.62. The Hall–Kier alpha value is -1.68. The van der Waals surface area contributed by atoms with Crippen LogP contribution in [0.5, 0.6) is 0 Å². The summed E-state index contributed by atoms with van der Waals surface area (Å²) in [4.78, 5) is 4.34. The average molecular weight is 215 g/mol. The molecule has 0 aromatic carbocycles. The highest BCUT2D eigenvalue weighted by atomic mass is 16.3. The number of aryl methyl sites for hydroxylation is 2. The number of hydrogen-bond donors (Lipinski definition) is 1. The lowest BCUT2D eigenvalue weighted by atomic mass is 10.1. The summed E-state index contributed by atoms with van der Waals surface area (Å²) in [5.74, 6) is 0. The van der Waals surface area contributed by atoms with E-state index in [9.17, 15) is 5.11 Å². The van der Waals surface area contributed by atoms with Gasteiger partial charge in [-0.3, -0.25) is 9.67 Å². The third-order valence-electron chi connectivity index (χ3n) is 3.04. The van der Waals surface area contributed by atoms with Gasteiger partial charge in [-0.25, -0.2) is 0 Å². The van der Waals surface area contributed by atoms with Gasteiger partial charge in [0.25, 0.3) is 0 Å². The Bertz CT molecular complexity index is 533. The van der Waals surface area contributed by atoms with Crippen LogP contribution in [0.4, 0.5) is 0 Å². The summed E-state index contributed by atoms with van der Waals surface area (Å²) in [5, 5.41) is 13.8. The van der Waals surface area contributed by atoms with Gasteiger partial charge in [0, 0.05) is 30.6 Å². The van der Waals surface area contributed by atoms with Gasteiger partial charge in [0.2, 0.25) is 0 Å². The average Bonchev–Trinajstić information content (AvgIpc) is 2.86. The van der Waals surface area contributed by atoms with Crippen LogP contribution >= 0.6 is 0 Å². The summed E-state index contributed by atoms with van der Waals surface area (Å²) in [6.45, 7) is 0. The molecule has 2 heterocycles. The molecule has 1 atom stereocenters. The first-order valence-corrected chi connectivity index (χ1v) is 5.40. The molecule has 1 N–H and O–H groups in total. The number of aliphatic hydroxyl groups is 1. The molecule has 1 unspecified atom stereocenters. The molecule has 2 aromatic rings. The molecule has 0 amide bonds. The van der Waals surface area contributed by atoms with Crippen LogP contribution in [0.25, 0.3) is 11.1 Å². The van der Waals surface area contributed by atoms with Gasteiger partial charge >= 0.3 is 0 Å². The summed E-state index contributed by atoms with van der Waals surface area (Å²) in [7, 11) is 1.90. The predicted molar refractivity (Wildman–Crippen MR) is 59.7 cm³/mol. The van der Waals surface area contributed by atoms with Crippen molar-refractivity contribution < 1.29 is 5.11 Å². The quantitative estimate of drug-likeness (QED) is 0.783. The number of rotatable bonds is 1. The van der Waals surface area contributed by atoms with Crippen molar-refractivity contribution in [2.75, 3.05) is 0 Å². The van der Waals surface area contributed by atoms with Gasteiger partial charge in [-0.15, -0.1) is 0 Å². The first-order chi connectivity index (χ1) is 7.74. The summed E-state index contributed by atoms with van der Waals surface area (Å²) in [5.41, 5.74) is 4.14. The molecular formula is C12H13N3O. The Morgan fingerprint density at radius 3 is 3.00 bits per heavy atom. The molecule has 16 heavy (non-hydrogen) atoms. The first-order valence-electron chi connectivity index (χ1n) is 5.40. The number of aromatic nitrogens is 3. The second kappa shape index (κ2) is 3.42. The minimum Gasteiger partial charge on any atom is -0.387 e. The Morgan fingerprint density at radius 1 is 1.38 bits per heavy atom. The van der Waals surface area contributed by atoms with Gasteiger partial charge in [0.1, 0.15) is 0 Å². The van der Waals surface area contributed by atoms with Crippen molar-refractivity contribution in [1.82, 2.24) is 14.8 Å². The fourth-order valence-corrected chi connectivity index (χ4v) is 2.18. The molecule has 0 fully saturated rings. The van der Waals surface area contributed by atoms with Gasteiger partial charge in [-0.2, -0.15) is 5.10 Å². The molecule has 0 bridgehead atoms. The molecule has 2 aromatic heterocycles. The smallest absolute Gasteiger partial charge is 0.0965 e. The Labute approximate surface area is 93.6 Å². The fourth-order valence-electron chi connectivity index (χ4n) is 2.18. The van der Waals surface area contributed by atoms with Crippen LogP contribution in [-0.2, 0) is 13.5 Å². The largest absolute Gasteiger partial charge is 0.387 e.